The van der Waals surface area contributed by atoms with E-state index >= 15 is 0 Å². The molecular weight excluding hydrogens is 213 g/mol. The molecule has 0 aliphatic heterocycles. The second-order valence-corrected chi connectivity index (χ2v) is 3.56. The van der Waals surface area contributed by atoms with Gasteiger partial charge in [-0.3, -0.25) is 4.79 Å². The molecule has 4 heteroatoms. The fraction of sp³-hybridized carbons (Fsp3) is 0.250. The van der Waals surface area contributed by atoms with E-state index in [1.807, 2.05) is 32.0 Å². The van der Waals surface area contributed by atoms with Crippen molar-refractivity contribution in [3.05, 3.63) is 41.2 Å². The van der Waals surface area contributed by atoms with Gasteiger partial charge in [-0.1, -0.05) is 19.1 Å². The SMILES string of the molecule is C/C([O-])=C/C(=O)Nc1cc(C)ccc1C.[Na+]. The first-order valence-electron chi connectivity index (χ1n) is 4.72. The molecule has 0 fully saturated rings. The van der Waals surface area contributed by atoms with E-state index in [0.29, 0.717) is 0 Å². The number of nitrogens with one attached hydrogen (secondary N) is 1. The number of aryl methyl sites for hydroxylation is 2. The van der Waals surface area contributed by atoms with Crippen molar-refractivity contribution in [2.24, 2.45) is 0 Å². The van der Waals surface area contributed by atoms with Crippen molar-refractivity contribution in [2.75, 3.05) is 5.32 Å². The van der Waals surface area contributed by atoms with Crippen LogP contribution in [-0.2, 0) is 4.79 Å². The molecule has 1 amide bonds. The van der Waals surface area contributed by atoms with Gasteiger partial charge >= 0.3 is 29.6 Å². The molecule has 0 spiro atoms. The Labute approximate surface area is 118 Å². The van der Waals surface area contributed by atoms with Crippen molar-refractivity contribution in [2.45, 2.75) is 20.8 Å². The predicted molar refractivity (Wildman–Crippen MR) is 58.3 cm³/mol. The van der Waals surface area contributed by atoms with E-state index in [-0.39, 0.29) is 41.2 Å². The van der Waals surface area contributed by atoms with Crippen LogP contribution in [0, 0.1) is 13.8 Å². The zero-order valence-electron chi connectivity index (χ0n) is 10.1. The topological polar surface area (TPSA) is 52.2 Å². The van der Waals surface area contributed by atoms with E-state index in [1.165, 1.54) is 6.92 Å². The zero-order valence-corrected chi connectivity index (χ0v) is 12.1. The number of anilines is 1. The third kappa shape index (κ3) is 4.84. The summed E-state index contributed by atoms with van der Waals surface area (Å²) >= 11 is 0. The third-order valence-corrected chi connectivity index (χ3v) is 1.99. The number of amides is 1. The van der Waals surface area contributed by atoms with Crippen LogP contribution in [-0.4, -0.2) is 5.91 Å². The maximum Gasteiger partial charge on any atom is 1.00 e. The van der Waals surface area contributed by atoms with Gasteiger partial charge in [0.05, 0.1) is 0 Å². The van der Waals surface area contributed by atoms with Gasteiger partial charge in [0, 0.05) is 5.69 Å². The quantitative estimate of drug-likeness (QED) is 0.380. The molecule has 1 rings (SSSR count). The Morgan fingerprint density at radius 1 is 1.38 bits per heavy atom. The number of hydrogen-bond acceptors (Lipinski definition) is 2. The summed E-state index contributed by atoms with van der Waals surface area (Å²) in [5, 5.41) is 13.3. The molecule has 16 heavy (non-hydrogen) atoms. The van der Waals surface area contributed by atoms with E-state index in [0.717, 1.165) is 22.9 Å². The number of carbonyl (C=O) groups is 1. The average molecular weight is 227 g/mol. The average Bonchev–Trinajstić information content (AvgIpc) is 2.10. The summed E-state index contributed by atoms with van der Waals surface area (Å²) in [5.74, 6) is -0.631. The predicted octanol–water partition coefficient (Wildman–Crippen LogP) is -1.49. The van der Waals surface area contributed by atoms with E-state index in [4.69, 9.17) is 0 Å². The summed E-state index contributed by atoms with van der Waals surface area (Å²) in [6, 6.07) is 5.78. The summed E-state index contributed by atoms with van der Waals surface area (Å²) in [6.07, 6.45) is 1.04. The molecular formula is C12H14NNaO2. The van der Waals surface area contributed by atoms with Crippen molar-refractivity contribution in [1.82, 2.24) is 0 Å². The van der Waals surface area contributed by atoms with E-state index in [1.54, 1.807) is 0 Å². The Morgan fingerprint density at radius 3 is 2.56 bits per heavy atom. The molecule has 0 aromatic heterocycles. The van der Waals surface area contributed by atoms with Gasteiger partial charge in [-0.15, -0.1) is 5.76 Å². The molecule has 0 heterocycles. The number of allylic oxidation sites excluding steroid dienone is 1. The van der Waals surface area contributed by atoms with Crippen LogP contribution < -0.4 is 40.0 Å². The standard InChI is InChI=1S/C12H15NO2.Na/c1-8-4-5-9(2)11(6-8)13-12(15)7-10(3)14;/h4-7,14H,1-3H3,(H,13,15);/q;+1/p-1/b10-7-;. The van der Waals surface area contributed by atoms with Gasteiger partial charge in [-0.2, -0.15) is 0 Å². The molecule has 0 saturated heterocycles. The second kappa shape index (κ2) is 6.74. The van der Waals surface area contributed by atoms with Crippen molar-refractivity contribution in [3.8, 4) is 0 Å². The van der Waals surface area contributed by atoms with Gasteiger partial charge in [0.25, 0.3) is 0 Å². The second-order valence-electron chi connectivity index (χ2n) is 3.56. The maximum absolute atomic E-state index is 11.3. The van der Waals surface area contributed by atoms with Gasteiger partial charge in [0.15, 0.2) is 0 Å². The van der Waals surface area contributed by atoms with Crippen molar-refractivity contribution in [1.29, 1.82) is 0 Å². The van der Waals surface area contributed by atoms with Crippen LogP contribution in [0.3, 0.4) is 0 Å². The summed E-state index contributed by atoms with van der Waals surface area (Å²) in [7, 11) is 0. The molecule has 0 unspecified atom stereocenters. The first-order chi connectivity index (χ1) is 6.99. The molecule has 0 aliphatic rings. The molecule has 0 radical (unpaired) electrons. The fourth-order valence-corrected chi connectivity index (χ4v) is 1.22. The molecule has 0 atom stereocenters. The Hall–Kier alpha value is -0.770. The minimum Gasteiger partial charge on any atom is -0.875 e. The third-order valence-electron chi connectivity index (χ3n) is 1.99. The van der Waals surface area contributed by atoms with Crippen LogP contribution in [0.4, 0.5) is 5.69 Å². The molecule has 80 valence electrons. The van der Waals surface area contributed by atoms with E-state index < -0.39 is 0 Å². The summed E-state index contributed by atoms with van der Waals surface area (Å²) in [5.41, 5.74) is 2.79. The van der Waals surface area contributed by atoms with Gasteiger partial charge in [0.1, 0.15) is 0 Å². The molecule has 1 N–H and O–H groups in total. The van der Waals surface area contributed by atoms with Crippen LogP contribution >= 0.6 is 0 Å². The molecule has 0 aliphatic carbocycles. The molecule has 0 saturated carbocycles. The molecule has 1 aromatic carbocycles. The van der Waals surface area contributed by atoms with Gasteiger partial charge < -0.3 is 10.4 Å². The maximum atomic E-state index is 11.3. The number of hydrogen-bond donors (Lipinski definition) is 1. The Balaban J connectivity index is 0.00000225. The fourth-order valence-electron chi connectivity index (χ4n) is 1.22. The Bertz CT molecular complexity index is 409. The molecule has 0 bridgehead atoms. The van der Waals surface area contributed by atoms with Crippen LogP contribution in [0.25, 0.3) is 0 Å². The van der Waals surface area contributed by atoms with Gasteiger partial charge in [0.2, 0.25) is 5.91 Å². The monoisotopic (exact) mass is 227 g/mol. The first-order valence-corrected chi connectivity index (χ1v) is 4.72. The smallest absolute Gasteiger partial charge is 0.875 e. The van der Waals surface area contributed by atoms with E-state index in [9.17, 15) is 9.90 Å². The van der Waals surface area contributed by atoms with Crippen molar-refractivity contribution in [3.63, 3.8) is 0 Å². The summed E-state index contributed by atoms with van der Waals surface area (Å²) < 4.78 is 0. The van der Waals surface area contributed by atoms with Crippen molar-refractivity contribution < 1.29 is 39.5 Å². The minimum atomic E-state index is -0.379. The minimum absolute atomic E-state index is 0. The molecule has 3 nitrogen and oxygen atoms in total. The van der Waals surface area contributed by atoms with Gasteiger partial charge in [-0.25, -0.2) is 0 Å². The van der Waals surface area contributed by atoms with Crippen LogP contribution in [0.15, 0.2) is 30.0 Å². The Kier molecular flexibility index (Phi) is 6.41. The first kappa shape index (κ1) is 15.2. The zero-order chi connectivity index (χ0) is 11.4. The van der Waals surface area contributed by atoms with E-state index in [2.05, 4.69) is 5.32 Å². The van der Waals surface area contributed by atoms with Crippen LogP contribution in [0.2, 0.25) is 0 Å². The number of benzene rings is 1. The van der Waals surface area contributed by atoms with Gasteiger partial charge in [-0.05, 0) is 37.1 Å². The largest absolute Gasteiger partial charge is 1.00 e. The number of carbonyl (C=O) groups excluding carboxylic acids is 1. The van der Waals surface area contributed by atoms with Crippen LogP contribution in [0.5, 0.6) is 0 Å². The summed E-state index contributed by atoms with van der Waals surface area (Å²) in [6.45, 7) is 5.20. The normalized spacial score (nSPS) is 10.6. The summed E-state index contributed by atoms with van der Waals surface area (Å²) in [4.78, 5) is 11.3. The number of rotatable bonds is 2. The molecule has 1 aromatic rings. The Morgan fingerprint density at radius 2 is 2.00 bits per heavy atom. The van der Waals surface area contributed by atoms with Crippen LogP contribution in [0.1, 0.15) is 18.1 Å². The van der Waals surface area contributed by atoms with Crippen molar-refractivity contribution >= 4 is 11.6 Å².